The van der Waals surface area contributed by atoms with E-state index in [4.69, 9.17) is 9.47 Å². The van der Waals surface area contributed by atoms with Crippen LogP contribution in [-0.4, -0.2) is 71.6 Å². The summed E-state index contributed by atoms with van der Waals surface area (Å²) in [6.07, 6.45) is 3.07. The topological polar surface area (TPSA) is 91.3 Å². The number of aromatic hydroxyl groups is 1. The van der Waals surface area contributed by atoms with E-state index < -0.39 is 17.6 Å². The molecule has 1 aromatic rings. The summed E-state index contributed by atoms with van der Waals surface area (Å²) in [5, 5.41) is 23.3. The summed E-state index contributed by atoms with van der Waals surface area (Å²) < 4.78 is 12.8. The highest BCUT2D eigenvalue weighted by molar-refractivity contribution is 5.73. The average molecular weight is 388 g/mol. The van der Waals surface area contributed by atoms with E-state index in [0.29, 0.717) is 5.75 Å². The number of likely N-dealkylation sites (tertiary alicyclic amines) is 1. The van der Waals surface area contributed by atoms with E-state index >= 15 is 0 Å². The maximum atomic E-state index is 11.5. The Kier molecular flexibility index (Phi) is 3.80. The molecule has 2 fully saturated rings. The molecule has 2 aliphatic heterocycles. The number of methoxy groups -OCH3 is 1. The van der Waals surface area contributed by atoms with Crippen LogP contribution in [0.5, 0.6) is 11.5 Å². The van der Waals surface area contributed by atoms with Gasteiger partial charge in [0.1, 0.15) is 12.1 Å². The van der Waals surface area contributed by atoms with Crippen LogP contribution in [0.4, 0.5) is 0 Å². The molecular formula is C21H28N2O5. The molecule has 3 N–H and O–H groups in total. The Hall–Kier alpha value is -1.83. The monoisotopic (exact) mass is 388 g/mol. The molecule has 1 saturated carbocycles. The molecule has 6 atom stereocenters. The second-order valence-corrected chi connectivity index (χ2v) is 8.87. The maximum absolute atomic E-state index is 11.5. The number of phenols is 1. The number of nitrogens with zero attached hydrogens (tertiary/aromatic N) is 1. The van der Waals surface area contributed by atoms with Crippen molar-refractivity contribution < 1.29 is 24.5 Å². The first kappa shape index (κ1) is 18.2. The van der Waals surface area contributed by atoms with Crippen molar-refractivity contribution in [3.63, 3.8) is 0 Å². The van der Waals surface area contributed by atoms with Crippen molar-refractivity contribution in [3.05, 3.63) is 23.3 Å². The zero-order valence-electron chi connectivity index (χ0n) is 16.6. The first-order valence-electron chi connectivity index (χ1n) is 10.1. The summed E-state index contributed by atoms with van der Waals surface area (Å²) in [5.41, 5.74) is 1.53. The number of aliphatic carboxylic acids is 1. The Morgan fingerprint density at radius 2 is 2.21 bits per heavy atom. The Balaban J connectivity index is 1.70. The van der Waals surface area contributed by atoms with Crippen LogP contribution >= 0.6 is 0 Å². The molecule has 1 saturated heterocycles. The van der Waals surface area contributed by atoms with E-state index in [9.17, 15) is 15.0 Å². The lowest BCUT2D eigenvalue weighted by molar-refractivity contribution is -0.204. The Labute approximate surface area is 164 Å². The third-order valence-corrected chi connectivity index (χ3v) is 7.89. The number of hydrogen-bond acceptors (Lipinski definition) is 6. The van der Waals surface area contributed by atoms with Gasteiger partial charge in [-0.3, -0.25) is 10.1 Å². The fourth-order valence-corrected chi connectivity index (χ4v) is 6.70. The maximum Gasteiger partial charge on any atom is 0.320 e. The van der Waals surface area contributed by atoms with Crippen LogP contribution in [0.15, 0.2) is 12.1 Å². The fraction of sp³-hybridized carbons (Fsp3) is 0.667. The quantitative estimate of drug-likeness (QED) is 0.715. The smallest absolute Gasteiger partial charge is 0.320 e. The van der Waals surface area contributed by atoms with Gasteiger partial charge < -0.3 is 24.6 Å². The number of benzene rings is 1. The number of carboxylic acid groups (broad SMARTS) is 1. The number of hydrogen-bond donors (Lipinski definition) is 3. The molecule has 5 rings (SSSR count). The summed E-state index contributed by atoms with van der Waals surface area (Å²) in [7, 11) is 3.96. The molecule has 1 spiro atoms. The molecule has 0 radical (unpaired) electrons. The average Bonchev–Trinajstić information content (AvgIpc) is 3.03. The number of rotatable bonds is 4. The molecule has 4 aliphatic rings. The first-order valence-corrected chi connectivity index (χ1v) is 10.1. The zero-order chi connectivity index (χ0) is 19.8. The second kappa shape index (κ2) is 5.84. The number of carboxylic acids is 1. The standard InChI is InChI=1S/C21H28N2O5/c1-11(19(25)26)22-13-6-7-21(27-3)15-10-12-4-5-14(24)17-16(12)20(21,18(13)28-17)8-9-23(15)2/h4-5,11,13,15,18,22,24H,6-10H2,1-3H3,(H,25,26)/t11-,13-,15?,18-,20?,21+/m0/s1. The second-order valence-electron chi connectivity index (χ2n) is 8.87. The minimum Gasteiger partial charge on any atom is -0.504 e. The van der Waals surface area contributed by atoms with Gasteiger partial charge in [0.2, 0.25) is 0 Å². The molecule has 7 heteroatoms. The van der Waals surface area contributed by atoms with Crippen molar-refractivity contribution in [2.75, 3.05) is 20.7 Å². The molecule has 28 heavy (non-hydrogen) atoms. The van der Waals surface area contributed by atoms with E-state index in [1.807, 2.05) is 6.07 Å². The molecular weight excluding hydrogens is 360 g/mol. The normalized spacial score (nSPS) is 39.2. The van der Waals surface area contributed by atoms with E-state index in [1.54, 1.807) is 20.1 Å². The third kappa shape index (κ3) is 1.97. The lowest BCUT2D eigenvalue weighted by Crippen LogP contribution is -2.78. The number of carbonyl (C=O) groups is 1. The van der Waals surface area contributed by atoms with Crippen molar-refractivity contribution >= 4 is 5.97 Å². The molecule has 2 heterocycles. The third-order valence-electron chi connectivity index (χ3n) is 7.89. The van der Waals surface area contributed by atoms with Crippen LogP contribution < -0.4 is 10.1 Å². The number of phenolic OH excluding ortho intramolecular Hbond substituents is 1. The van der Waals surface area contributed by atoms with Crippen LogP contribution in [0.3, 0.4) is 0 Å². The lowest BCUT2D eigenvalue weighted by atomic mass is 9.48. The van der Waals surface area contributed by atoms with Crippen molar-refractivity contribution in [3.8, 4) is 11.5 Å². The molecule has 0 amide bonds. The summed E-state index contributed by atoms with van der Waals surface area (Å²) >= 11 is 0. The van der Waals surface area contributed by atoms with Gasteiger partial charge >= 0.3 is 5.97 Å². The predicted molar refractivity (Wildman–Crippen MR) is 102 cm³/mol. The van der Waals surface area contributed by atoms with Gasteiger partial charge in [0.05, 0.1) is 11.0 Å². The number of ether oxygens (including phenoxy) is 2. The van der Waals surface area contributed by atoms with Crippen LogP contribution in [-0.2, 0) is 21.4 Å². The molecule has 152 valence electrons. The van der Waals surface area contributed by atoms with Crippen LogP contribution in [0.25, 0.3) is 0 Å². The molecule has 7 nitrogen and oxygen atoms in total. The highest BCUT2D eigenvalue weighted by Gasteiger charge is 2.73. The fourth-order valence-electron chi connectivity index (χ4n) is 6.70. The molecule has 1 aromatic carbocycles. The van der Waals surface area contributed by atoms with Gasteiger partial charge in [0, 0.05) is 24.8 Å². The van der Waals surface area contributed by atoms with Crippen molar-refractivity contribution in [2.24, 2.45) is 0 Å². The number of nitrogens with one attached hydrogen (secondary N) is 1. The van der Waals surface area contributed by atoms with Crippen LogP contribution in [0.1, 0.15) is 37.3 Å². The zero-order valence-corrected chi connectivity index (χ0v) is 16.6. The van der Waals surface area contributed by atoms with E-state index in [1.165, 1.54) is 5.56 Å². The number of likely N-dealkylation sites (N-methyl/N-ethyl adjacent to an activating group) is 1. The molecule has 0 aromatic heterocycles. The summed E-state index contributed by atoms with van der Waals surface area (Å²) in [6, 6.07) is 3.20. The summed E-state index contributed by atoms with van der Waals surface area (Å²) in [5.74, 6) is -0.136. The minimum absolute atomic E-state index is 0.115. The molecule has 2 unspecified atom stereocenters. The Bertz CT molecular complexity index is 844. The predicted octanol–water partition coefficient (Wildman–Crippen LogP) is 1.26. The van der Waals surface area contributed by atoms with E-state index in [-0.39, 0.29) is 29.4 Å². The molecule has 2 aliphatic carbocycles. The van der Waals surface area contributed by atoms with Gasteiger partial charge in [-0.15, -0.1) is 0 Å². The highest BCUT2D eigenvalue weighted by atomic mass is 16.5. The summed E-state index contributed by atoms with van der Waals surface area (Å²) in [6.45, 7) is 2.59. The first-order chi connectivity index (χ1) is 13.4. The van der Waals surface area contributed by atoms with Gasteiger partial charge in [-0.05, 0) is 57.8 Å². The Morgan fingerprint density at radius 1 is 1.43 bits per heavy atom. The van der Waals surface area contributed by atoms with Crippen LogP contribution in [0.2, 0.25) is 0 Å². The van der Waals surface area contributed by atoms with E-state index in [2.05, 4.69) is 17.3 Å². The minimum atomic E-state index is -0.870. The number of piperidine rings is 1. The lowest BCUT2D eigenvalue weighted by Gasteiger charge is -2.65. The van der Waals surface area contributed by atoms with Gasteiger partial charge in [-0.1, -0.05) is 6.07 Å². The van der Waals surface area contributed by atoms with Crippen molar-refractivity contribution in [1.29, 1.82) is 0 Å². The molecule has 2 bridgehead atoms. The van der Waals surface area contributed by atoms with Gasteiger partial charge in [-0.2, -0.15) is 0 Å². The summed E-state index contributed by atoms with van der Waals surface area (Å²) in [4.78, 5) is 13.9. The van der Waals surface area contributed by atoms with Gasteiger partial charge in [-0.25, -0.2) is 0 Å². The highest BCUT2D eigenvalue weighted by Crippen LogP contribution is 2.66. The van der Waals surface area contributed by atoms with Crippen molar-refractivity contribution in [1.82, 2.24) is 10.2 Å². The van der Waals surface area contributed by atoms with Gasteiger partial charge in [0.25, 0.3) is 0 Å². The largest absolute Gasteiger partial charge is 0.504 e. The SMILES string of the molecule is CO[C@@]12CC[C@H](N[C@@H](C)C(=O)O)[C@@H]3Oc4c(O)ccc5c4C31CCN(C)C2C5. The van der Waals surface area contributed by atoms with Crippen LogP contribution in [0, 0.1) is 0 Å². The van der Waals surface area contributed by atoms with E-state index in [0.717, 1.165) is 37.8 Å². The van der Waals surface area contributed by atoms with Gasteiger partial charge in [0.15, 0.2) is 11.5 Å². The Morgan fingerprint density at radius 3 is 2.93 bits per heavy atom. The van der Waals surface area contributed by atoms with Crippen molar-refractivity contribution in [2.45, 2.75) is 67.9 Å².